The average Bonchev–Trinajstić information content (AvgIpc) is 3.73. The van der Waals surface area contributed by atoms with Crippen LogP contribution in [0.1, 0.15) is 81.3 Å². The minimum absolute atomic E-state index is 0.00854. The predicted molar refractivity (Wildman–Crippen MR) is 256 cm³/mol. The van der Waals surface area contributed by atoms with Crippen LogP contribution in [0, 0.1) is 0 Å². The van der Waals surface area contributed by atoms with Crippen LogP contribution in [0.4, 0.5) is 28.4 Å². The zero-order valence-corrected chi connectivity index (χ0v) is 35.8. The molecule has 60 heavy (non-hydrogen) atoms. The van der Waals surface area contributed by atoms with E-state index in [1.54, 1.807) is 0 Å². The van der Waals surface area contributed by atoms with Crippen molar-refractivity contribution in [3.8, 4) is 22.3 Å². The van der Waals surface area contributed by atoms with Crippen molar-refractivity contribution < 1.29 is 0 Å². The van der Waals surface area contributed by atoms with Crippen LogP contribution in [0.2, 0.25) is 0 Å². The SMILES string of the molecule is C=C/C=C(\C=C)N(c1ccccc1)c1ccc2c(c1)C1(c3cc(N(c4ccccc4)c4ccccc4)ccc3-2)c2cc(C(C)(C)C)ccc2-c2ccc(C(C)(C)CC)cc21. The highest BCUT2D eigenvalue weighted by Gasteiger charge is 2.53. The molecule has 7 aromatic carbocycles. The van der Waals surface area contributed by atoms with Crippen molar-refractivity contribution in [2.45, 2.75) is 64.2 Å². The van der Waals surface area contributed by atoms with Gasteiger partial charge in [-0.3, -0.25) is 0 Å². The van der Waals surface area contributed by atoms with Gasteiger partial charge in [-0.2, -0.15) is 0 Å². The Bertz CT molecular complexity index is 2750. The summed E-state index contributed by atoms with van der Waals surface area (Å²) in [4.78, 5) is 4.71. The molecule has 0 radical (unpaired) electrons. The molecule has 0 amide bonds. The van der Waals surface area contributed by atoms with E-state index in [-0.39, 0.29) is 10.8 Å². The van der Waals surface area contributed by atoms with Crippen molar-refractivity contribution in [2.75, 3.05) is 9.80 Å². The second kappa shape index (κ2) is 14.9. The molecule has 0 heterocycles. The summed E-state index contributed by atoms with van der Waals surface area (Å²) >= 11 is 0. The molecule has 7 aromatic rings. The van der Waals surface area contributed by atoms with Gasteiger partial charge >= 0.3 is 0 Å². The lowest BCUT2D eigenvalue weighted by Gasteiger charge is -2.35. The van der Waals surface area contributed by atoms with Crippen molar-refractivity contribution >= 4 is 28.4 Å². The van der Waals surface area contributed by atoms with Crippen LogP contribution >= 0.6 is 0 Å². The van der Waals surface area contributed by atoms with Crippen LogP contribution in [0.3, 0.4) is 0 Å². The van der Waals surface area contributed by atoms with Gasteiger partial charge in [0.05, 0.1) is 5.41 Å². The highest BCUT2D eigenvalue weighted by atomic mass is 15.1. The van der Waals surface area contributed by atoms with Crippen molar-refractivity contribution in [1.29, 1.82) is 0 Å². The molecule has 1 atom stereocenters. The van der Waals surface area contributed by atoms with Crippen LogP contribution in [0.25, 0.3) is 22.3 Å². The number of benzene rings is 7. The fourth-order valence-electron chi connectivity index (χ4n) is 9.55. The number of rotatable bonds is 10. The number of anilines is 5. The van der Waals surface area contributed by atoms with E-state index in [9.17, 15) is 0 Å². The molecule has 296 valence electrons. The lowest BCUT2D eigenvalue weighted by molar-refractivity contribution is 0.505. The molecular formula is C58H54N2. The van der Waals surface area contributed by atoms with Crippen molar-refractivity contribution in [3.05, 3.63) is 234 Å². The Morgan fingerprint density at radius 3 is 1.42 bits per heavy atom. The molecule has 9 rings (SSSR count). The molecule has 0 aromatic heterocycles. The highest BCUT2D eigenvalue weighted by molar-refractivity contribution is 5.97. The standard InChI is InChI=1S/C58H54N2/c1-9-21-42(10-2)59(43-22-15-12-16-23-43)46-30-34-50-51-35-31-47(60(44-24-17-13-18-25-44)45-26-19-14-20-27-45)39-55(51)58(54(50)38-46)52-36-40(56(4,5)6)28-32-48(52)49-33-29-41(37-53(49)58)57(7,8)11-3/h9-10,12-39H,1-2,11H2,3-8H3/b42-21+. The third-order valence-electron chi connectivity index (χ3n) is 13.1. The average molecular weight is 779 g/mol. The van der Waals surface area contributed by atoms with Gasteiger partial charge < -0.3 is 9.80 Å². The smallest absolute Gasteiger partial charge is 0.0727 e. The van der Waals surface area contributed by atoms with Gasteiger partial charge in [0.15, 0.2) is 0 Å². The maximum Gasteiger partial charge on any atom is 0.0727 e. The summed E-state index contributed by atoms with van der Waals surface area (Å²) in [5.74, 6) is 0. The van der Waals surface area contributed by atoms with E-state index in [1.165, 1.54) is 55.6 Å². The lowest BCUT2D eigenvalue weighted by atomic mass is 9.68. The van der Waals surface area contributed by atoms with Gasteiger partial charge in [0, 0.05) is 34.1 Å². The van der Waals surface area contributed by atoms with Crippen molar-refractivity contribution in [2.24, 2.45) is 0 Å². The first kappa shape index (κ1) is 38.9. The summed E-state index contributed by atoms with van der Waals surface area (Å²) in [7, 11) is 0. The number of hydrogen-bond donors (Lipinski definition) is 0. The highest BCUT2D eigenvalue weighted by Crippen LogP contribution is 2.65. The van der Waals surface area contributed by atoms with Gasteiger partial charge in [-0.15, -0.1) is 0 Å². The first-order valence-electron chi connectivity index (χ1n) is 21.3. The van der Waals surface area contributed by atoms with Gasteiger partial charge in [0.2, 0.25) is 0 Å². The zero-order valence-electron chi connectivity index (χ0n) is 35.8. The van der Waals surface area contributed by atoms with E-state index >= 15 is 0 Å². The summed E-state index contributed by atoms with van der Waals surface area (Å²) in [6, 6.07) is 61.1. The number of hydrogen-bond acceptors (Lipinski definition) is 2. The molecule has 2 aliphatic rings. The Morgan fingerprint density at radius 2 is 0.933 bits per heavy atom. The summed E-state index contributed by atoms with van der Waals surface area (Å²) < 4.78 is 0. The fraction of sp³-hybridized carbons (Fsp3) is 0.172. The minimum atomic E-state index is -0.611. The Kier molecular flexibility index (Phi) is 9.63. The molecule has 2 aliphatic carbocycles. The van der Waals surface area contributed by atoms with Crippen molar-refractivity contribution in [1.82, 2.24) is 0 Å². The van der Waals surface area contributed by atoms with Crippen LogP contribution in [-0.4, -0.2) is 0 Å². The molecular weight excluding hydrogens is 725 g/mol. The van der Waals surface area contributed by atoms with E-state index in [2.05, 4.69) is 228 Å². The van der Waals surface area contributed by atoms with E-state index in [1.807, 2.05) is 18.2 Å². The molecule has 2 heteroatoms. The topological polar surface area (TPSA) is 6.48 Å². The van der Waals surface area contributed by atoms with E-state index in [4.69, 9.17) is 0 Å². The Hall–Kier alpha value is -6.64. The molecule has 1 spiro atoms. The number of nitrogens with zero attached hydrogens (tertiary/aromatic N) is 2. The zero-order chi connectivity index (χ0) is 41.8. The summed E-state index contributed by atoms with van der Waals surface area (Å²) in [5.41, 5.74) is 18.9. The van der Waals surface area contributed by atoms with Gasteiger partial charge in [-0.05, 0) is 146 Å². The quantitative estimate of drug-likeness (QED) is 0.128. The van der Waals surface area contributed by atoms with Crippen LogP contribution in [0.5, 0.6) is 0 Å². The largest absolute Gasteiger partial charge is 0.311 e. The lowest BCUT2D eigenvalue weighted by Crippen LogP contribution is -2.28. The monoisotopic (exact) mass is 778 g/mol. The molecule has 2 nitrogen and oxygen atoms in total. The first-order valence-corrected chi connectivity index (χ1v) is 21.3. The Balaban J connectivity index is 1.41. The van der Waals surface area contributed by atoms with Crippen molar-refractivity contribution in [3.63, 3.8) is 0 Å². The molecule has 0 aliphatic heterocycles. The second-order valence-corrected chi connectivity index (χ2v) is 17.9. The minimum Gasteiger partial charge on any atom is -0.311 e. The third-order valence-corrected chi connectivity index (χ3v) is 13.1. The number of fused-ring (bicyclic) bond motifs is 10. The molecule has 1 unspecified atom stereocenters. The second-order valence-electron chi connectivity index (χ2n) is 17.9. The number of para-hydroxylation sites is 3. The van der Waals surface area contributed by atoms with Gasteiger partial charge in [0.1, 0.15) is 0 Å². The number of allylic oxidation sites excluding steroid dienone is 3. The maximum atomic E-state index is 4.27. The molecule has 0 saturated heterocycles. The van der Waals surface area contributed by atoms with E-state index in [0.717, 1.165) is 40.6 Å². The predicted octanol–water partition coefficient (Wildman–Crippen LogP) is 15.9. The summed E-state index contributed by atoms with van der Waals surface area (Å²) in [6.45, 7) is 22.4. The van der Waals surface area contributed by atoms with Gasteiger partial charge in [0.25, 0.3) is 0 Å². The Labute approximate surface area is 357 Å². The molecule has 0 fully saturated rings. The van der Waals surface area contributed by atoms with Gasteiger partial charge in [-0.25, -0.2) is 0 Å². The van der Waals surface area contributed by atoms with Crippen LogP contribution in [0.15, 0.2) is 201 Å². The fourth-order valence-corrected chi connectivity index (χ4v) is 9.55. The molecule has 0 N–H and O–H groups in total. The maximum absolute atomic E-state index is 4.27. The van der Waals surface area contributed by atoms with Crippen LogP contribution < -0.4 is 9.80 Å². The van der Waals surface area contributed by atoms with E-state index < -0.39 is 5.41 Å². The summed E-state index contributed by atoms with van der Waals surface area (Å²) in [6.07, 6.45) is 6.85. The Morgan fingerprint density at radius 1 is 0.500 bits per heavy atom. The van der Waals surface area contributed by atoms with Gasteiger partial charge in [-0.1, -0.05) is 164 Å². The van der Waals surface area contributed by atoms with Crippen LogP contribution in [-0.2, 0) is 16.2 Å². The summed E-state index contributed by atoms with van der Waals surface area (Å²) in [5, 5.41) is 0. The molecule has 0 bridgehead atoms. The third kappa shape index (κ3) is 6.16. The van der Waals surface area contributed by atoms with E-state index in [0.29, 0.717) is 0 Å². The molecule has 0 saturated carbocycles. The first-order chi connectivity index (χ1) is 29.0. The normalized spacial score (nSPS) is 15.2.